The van der Waals surface area contributed by atoms with Crippen molar-refractivity contribution >= 4 is 50.6 Å². The number of hydrogen-bond donors (Lipinski definition) is 0. The van der Waals surface area contributed by atoms with Gasteiger partial charge in [0.15, 0.2) is 0 Å². The SMILES string of the molecule is CC(C)(C)c1cc(Sc2[c-]c3c(cc2)c2cc(-c4ccccc4)ccc2n3-c2cc(C(C)(C)C)ccn2)[c-]c(N2[CH-]N(Cc3ccccc3)c3ccccc32)c1.[Pt]. The van der Waals surface area contributed by atoms with E-state index in [0.29, 0.717) is 0 Å². The van der Waals surface area contributed by atoms with Crippen molar-refractivity contribution < 1.29 is 21.1 Å². The smallest absolute Gasteiger partial charge is 0.135 e. The summed E-state index contributed by atoms with van der Waals surface area (Å²) in [5.74, 6) is 0.898. The van der Waals surface area contributed by atoms with Gasteiger partial charge in [-0.3, -0.25) is 0 Å². The van der Waals surface area contributed by atoms with E-state index in [2.05, 4.69) is 214 Å². The zero-order valence-electron chi connectivity index (χ0n) is 33.2. The molecule has 0 aliphatic carbocycles. The van der Waals surface area contributed by atoms with Crippen LogP contribution >= 0.6 is 11.8 Å². The first kappa shape index (κ1) is 38.8. The van der Waals surface area contributed by atoms with Gasteiger partial charge < -0.3 is 14.4 Å². The van der Waals surface area contributed by atoms with Gasteiger partial charge in [-0.1, -0.05) is 132 Å². The first-order chi connectivity index (χ1) is 27.0. The Bertz CT molecular complexity index is 2710. The topological polar surface area (TPSA) is 24.3 Å². The van der Waals surface area contributed by atoms with Crippen LogP contribution in [0.1, 0.15) is 58.2 Å². The predicted octanol–water partition coefficient (Wildman–Crippen LogP) is 13.5. The number of para-hydroxylation sites is 2. The van der Waals surface area contributed by atoms with Gasteiger partial charge in [0.25, 0.3) is 0 Å². The summed E-state index contributed by atoms with van der Waals surface area (Å²) < 4.78 is 2.29. The molecule has 0 fully saturated rings. The van der Waals surface area contributed by atoms with Crippen molar-refractivity contribution in [2.45, 2.75) is 68.7 Å². The van der Waals surface area contributed by atoms with Crippen LogP contribution in [-0.4, -0.2) is 9.55 Å². The fraction of sp³-hybridized carbons (Fsp3) is 0.176. The number of aromatic nitrogens is 2. The van der Waals surface area contributed by atoms with Gasteiger partial charge in [-0.05, 0) is 68.8 Å². The minimum absolute atomic E-state index is 0. The summed E-state index contributed by atoms with van der Waals surface area (Å²) in [5.41, 5.74) is 11.6. The number of rotatable bonds is 7. The maximum atomic E-state index is 4.95. The maximum absolute atomic E-state index is 4.95. The van der Waals surface area contributed by atoms with Gasteiger partial charge in [0, 0.05) is 50.7 Å². The average Bonchev–Trinajstić information content (AvgIpc) is 3.73. The molecule has 288 valence electrons. The number of anilines is 3. The largest absolute Gasteiger partial charge is 0.498 e. The Morgan fingerprint density at radius 1 is 0.614 bits per heavy atom. The molecular weight excluding hydrogens is 896 g/mol. The summed E-state index contributed by atoms with van der Waals surface area (Å²) in [7, 11) is 0. The van der Waals surface area contributed by atoms with Crippen molar-refractivity contribution in [1.82, 2.24) is 9.55 Å². The zero-order valence-corrected chi connectivity index (χ0v) is 36.2. The van der Waals surface area contributed by atoms with Crippen LogP contribution in [-0.2, 0) is 38.4 Å². The van der Waals surface area contributed by atoms with E-state index in [1.807, 2.05) is 6.20 Å². The summed E-state index contributed by atoms with van der Waals surface area (Å²) in [6, 6.07) is 57.8. The van der Waals surface area contributed by atoms with Gasteiger partial charge in [-0.2, -0.15) is 24.9 Å². The van der Waals surface area contributed by atoms with Crippen LogP contribution in [0.15, 0.2) is 156 Å². The van der Waals surface area contributed by atoms with Crippen LogP contribution in [0.2, 0.25) is 0 Å². The van der Waals surface area contributed by atoms with E-state index >= 15 is 0 Å². The Hall–Kier alpha value is -5.09. The second-order valence-corrected chi connectivity index (χ2v) is 17.8. The van der Waals surface area contributed by atoms with E-state index in [-0.39, 0.29) is 31.9 Å². The summed E-state index contributed by atoms with van der Waals surface area (Å²) in [6.07, 6.45) is 1.94. The molecule has 6 aromatic carbocycles. The third-order valence-electron chi connectivity index (χ3n) is 10.7. The van der Waals surface area contributed by atoms with E-state index in [0.717, 1.165) is 49.9 Å². The molecule has 0 saturated carbocycles. The van der Waals surface area contributed by atoms with Crippen LogP contribution in [0.4, 0.5) is 17.1 Å². The van der Waals surface area contributed by atoms with Gasteiger partial charge in [0.05, 0.1) is 0 Å². The molecule has 8 aromatic rings. The van der Waals surface area contributed by atoms with Crippen LogP contribution in [0.5, 0.6) is 0 Å². The fourth-order valence-corrected chi connectivity index (χ4v) is 8.44. The molecule has 0 N–H and O–H groups in total. The number of nitrogens with zero attached hydrogens (tertiary/aromatic N) is 4. The fourth-order valence-electron chi connectivity index (χ4n) is 7.58. The van der Waals surface area contributed by atoms with Crippen molar-refractivity contribution in [2.75, 3.05) is 9.80 Å². The molecule has 0 radical (unpaired) electrons. The van der Waals surface area contributed by atoms with Gasteiger partial charge in [-0.15, -0.1) is 56.4 Å². The van der Waals surface area contributed by atoms with E-state index in [9.17, 15) is 0 Å². The molecule has 1 aliphatic heterocycles. The third kappa shape index (κ3) is 7.68. The monoisotopic (exact) mass is 940 g/mol. The van der Waals surface area contributed by atoms with Crippen molar-refractivity contribution in [3.63, 3.8) is 0 Å². The molecular formula is C51H45N4PtS-3. The van der Waals surface area contributed by atoms with Crippen molar-refractivity contribution in [3.05, 3.63) is 181 Å². The summed E-state index contributed by atoms with van der Waals surface area (Å²) >= 11 is 1.71. The quantitative estimate of drug-likeness (QED) is 0.149. The molecule has 0 unspecified atom stereocenters. The Morgan fingerprint density at radius 2 is 1.32 bits per heavy atom. The average molecular weight is 941 g/mol. The number of hydrogen-bond acceptors (Lipinski definition) is 4. The molecule has 1 aliphatic rings. The van der Waals surface area contributed by atoms with E-state index in [1.165, 1.54) is 38.9 Å². The van der Waals surface area contributed by atoms with Gasteiger partial charge >= 0.3 is 0 Å². The molecule has 9 rings (SSSR count). The molecule has 2 aromatic heterocycles. The van der Waals surface area contributed by atoms with Crippen LogP contribution in [0.3, 0.4) is 0 Å². The third-order valence-corrected chi connectivity index (χ3v) is 11.6. The number of fused-ring (bicyclic) bond motifs is 4. The number of benzene rings is 6. The Balaban J connectivity index is 0.00000455. The molecule has 57 heavy (non-hydrogen) atoms. The van der Waals surface area contributed by atoms with E-state index < -0.39 is 0 Å². The number of pyridine rings is 1. The second-order valence-electron chi connectivity index (χ2n) is 16.7. The molecule has 4 nitrogen and oxygen atoms in total. The summed E-state index contributed by atoms with van der Waals surface area (Å²) in [6.45, 7) is 16.6. The normalized spacial score (nSPS) is 12.9. The predicted molar refractivity (Wildman–Crippen MR) is 235 cm³/mol. The van der Waals surface area contributed by atoms with Crippen LogP contribution < -0.4 is 9.80 Å². The van der Waals surface area contributed by atoms with Gasteiger partial charge in [0.1, 0.15) is 5.82 Å². The molecule has 0 amide bonds. The van der Waals surface area contributed by atoms with Crippen molar-refractivity contribution in [3.8, 4) is 16.9 Å². The Morgan fingerprint density at radius 3 is 2.05 bits per heavy atom. The molecule has 0 saturated heterocycles. The summed E-state index contributed by atoms with van der Waals surface area (Å²) in [4.78, 5) is 11.7. The zero-order chi connectivity index (χ0) is 38.6. The van der Waals surface area contributed by atoms with Crippen molar-refractivity contribution in [1.29, 1.82) is 0 Å². The molecule has 6 heteroatoms. The van der Waals surface area contributed by atoms with Crippen LogP contribution in [0.25, 0.3) is 38.8 Å². The standard InChI is InChI=1S/C51H45N4S.Pt/c1-50(2,3)38-25-26-52-49(30-38)55-45-24-21-37(36-17-11-8-12-18-36)27-44(45)43-23-22-41(32-48(43)55)56-42-29-39(51(4,5)6)28-40(31-42)54-34-53(33-35-15-9-7-10-16-35)46-19-13-14-20-47(46)54;/h7-30,34H,33H2,1-6H3;/q-3;. The van der Waals surface area contributed by atoms with Crippen LogP contribution in [0, 0.1) is 18.8 Å². The maximum Gasteiger partial charge on any atom is 0.135 e. The molecule has 0 bridgehead atoms. The van der Waals surface area contributed by atoms with Crippen molar-refractivity contribution in [2.24, 2.45) is 0 Å². The molecule has 0 atom stereocenters. The second kappa shape index (κ2) is 15.3. The minimum atomic E-state index is -0.0670. The first-order valence-corrected chi connectivity index (χ1v) is 20.1. The van der Waals surface area contributed by atoms with Gasteiger partial charge in [-0.25, -0.2) is 4.98 Å². The Kier molecular flexibility index (Phi) is 10.4. The van der Waals surface area contributed by atoms with E-state index in [4.69, 9.17) is 4.98 Å². The van der Waals surface area contributed by atoms with E-state index in [1.54, 1.807) is 11.8 Å². The Labute approximate surface area is 355 Å². The van der Waals surface area contributed by atoms with Gasteiger partial charge in [0.2, 0.25) is 0 Å². The minimum Gasteiger partial charge on any atom is -0.498 e. The summed E-state index contributed by atoms with van der Waals surface area (Å²) in [5, 5.41) is 2.34. The molecule has 3 heterocycles. The molecule has 0 spiro atoms. The first-order valence-electron chi connectivity index (χ1n) is 19.3.